The predicted octanol–water partition coefficient (Wildman–Crippen LogP) is 3.13. The molecule has 1 amide bonds. The molecule has 0 spiro atoms. The van der Waals surface area contributed by atoms with E-state index in [1.54, 1.807) is 12.1 Å². The van der Waals surface area contributed by atoms with Gasteiger partial charge in [0.25, 0.3) is 5.91 Å². The van der Waals surface area contributed by atoms with Crippen LogP contribution in [0.3, 0.4) is 0 Å². The number of benzene rings is 1. The summed E-state index contributed by atoms with van der Waals surface area (Å²) in [6.07, 6.45) is 1.46. The maximum Gasteiger partial charge on any atom is 0.259 e. The number of pyridine rings is 1. The Kier molecular flexibility index (Phi) is 3.35. The number of amides is 1. The SMILES string of the molecule is O=C(Nc1cc(Cl)ccn1)c1ccccc1F. The van der Waals surface area contributed by atoms with Gasteiger partial charge in [-0.1, -0.05) is 23.7 Å². The molecule has 0 fully saturated rings. The van der Waals surface area contributed by atoms with Crippen LogP contribution in [0.4, 0.5) is 10.2 Å². The van der Waals surface area contributed by atoms with E-state index >= 15 is 0 Å². The molecule has 0 unspecified atom stereocenters. The van der Waals surface area contributed by atoms with E-state index < -0.39 is 11.7 Å². The summed E-state index contributed by atoms with van der Waals surface area (Å²) in [5, 5.41) is 2.91. The first-order valence-electron chi connectivity index (χ1n) is 4.84. The number of rotatable bonds is 2. The van der Waals surface area contributed by atoms with Crippen LogP contribution in [0.25, 0.3) is 0 Å². The Morgan fingerprint density at radius 2 is 2.06 bits per heavy atom. The van der Waals surface area contributed by atoms with Crippen molar-refractivity contribution in [3.8, 4) is 0 Å². The van der Waals surface area contributed by atoms with Crippen LogP contribution in [-0.4, -0.2) is 10.9 Å². The molecular weight excluding hydrogens is 243 g/mol. The van der Waals surface area contributed by atoms with Gasteiger partial charge in [-0.15, -0.1) is 0 Å². The molecule has 0 aliphatic rings. The molecule has 0 saturated heterocycles. The monoisotopic (exact) mass is 250 g/mol. The van der Waals surface area contributed by atoms with Crippen molar-refractivity contribution < 1.29 is 9.18 Å². The second-order valence-corrected chi connectivity index (χ2v) is 3.73. The number of halogens is 2. The Morgan fingerprint density at radius 1 is 1.29 bits per heavy atom. The Labute approximate surface area is 102 Å². The van der Waals surface area contributed by atoms with Gasteiger partial charge in [-0.2, -0.15) is 0 Å². The summed E-state index contributed by atoms with van der Waals surface area (Å²) >= 11 is 5.74. The largest absolute Gasteiger partial charge is 0.306 e. The quantitative estimate of drug-likeness (QED) is 0.890. The Bertz CT molecular complexity index is 560. The van der Waals surface area contributed by atoms with E-state index in [-0.39, 0.29) is 11.4 Å². The standard InChI is InChI=1S/C12H8ClFN2O/c13-8-5-6-15-11(7-8)16-12(17)9-3-1-2-4-10(9)14/h1-7H,(H,15,16,17). The summed E-state index contributed by atoms with van der Waals surface area (Å²) in [7, 11) is 0. The van der Waals surface area contributed by atoms with Crippen molar-refractivity contribution in [3.05, 3.63) is 59.0 Å². The Morgan fingerprint density at radius 3 is 2.76 bits per heavy atom. The predicted molar refractivity (Wildman–Crippen MR) is 63.6 cm³/mol. The number of hydrogen-bond acceptors (Lipinski definition) is 2. The first-order chi connectivity index (χ1) is 8.16. The van der Waals surface area contributed by atoms with E-state index in [2.05, 4.69) is 10.3 Å². The maximum atomic E-state index is 13.3. The van der Waals surface area contributed by atoms with Gasteiger partial charge in [0.15, 0.2) is 0 Å². The minimum absolute atomic E-state index is 0.0331. The lowest BCUT2D eigenvalue weighted by atomic mass is 10.2. The van der Waals surface area contributed by atoms with E-state index in [0.717, 1.165) is 0 Å². The Hall–Kier alpha value is -1.94. The third-order valence-corrected chi connectivity index (χ3v) is 2.32. The van der Waals surface area contributed by atoms with Crippen molar-refractivity contribution in [2.75, 3.05) is 5.32 Å². The number of anilines is 1. The molecule has 3 nitrogen and oxygen atoms in total. The second-order valence-electron chi connectivity index (χ2n) is 3.29. The van der Waals surface area contributed by atoms with Gasteiger partial charge >= 0.3 is 0 Å². The van der Waals surface area contributed by atoms with Crippen LogP contribution in [0, 0.1) is 5.82 Å². The summed E-state index contributed by atoms with van der Waals surface area (Å²) in [6, 6.07) is 8.79. The fraction of sp³-hybridized carbons (Fsp3) is 0. The minimum atomic E-state index is -0.577. The summed E-state index contributed by atoms with van der Waals surface area (Å²) < 4.78 is 13.3. The highest BCUT2D eigenvalue weighted by atomic mass is 35.5. The zero-order chi connectivity index (χ0) is 12.3. The number of nitrogens with zero attached hydrogens (tertiary/aromatic N) is 1. The molecule has 1 heterocycles. The third-order valence-electron chi connectivity index (χ3n) is 2.08. The van der Waals surface area contributed by atoms with Gasteiger partial charge in [0, 0.05) is 11.2 Å². The van der Waals surface area contributed by atoms with Crippen LogP contribution in [0.1, 0.15) is 10.4 Å². The van der Waals surface area contributed by atoms with Crippen LogP contribution in [0.15, 0.2) is 42.6 Å². The van der Waals surface area contributed by atoms with E-state index in [9.17, 15) is 9.18 Å². The van der Waals surface area contributed by atoms with Crippen molar-refractivity contribution in [2.24, 2.45) is 0 Å². The van der Waals surface area contributed by atoms with Gasteiger partial charge < -0.3 is 5.32 Å². The lowest BCUT2D eigenvalue weighted by molar-refractivity contribution is 0.102. The van der Waals surface area contributed by atoms with Crippen molar-refractivity contribution in [3.63, 3.8) is 0 Å². The zero-order valence-corrected chi connectivity index (χ0v) is 9.41. The van der Waals surface area contributed by atoms with Crippen LogP contribution < -0.4 is 5.32 Å². The van der Waals surface area contributed by atoms with Crippen LogP contribution in [-0.2, 0) is 0 Å². The molecule has 0 aliphatic heterocycles. The van der Waals surface area contributed by atoms with E-state index in [0.29, 0.717) is 5.02 Å². The molecule has 0 atom stereocenters. The van der Waals surface area contributed by atoms with Gasteiger partial charge in [0.2, 0.25) is 0 Å². The highest BCUT2D eigenvalue weighted by molar-refractivity contribution is 6.30. The fourth-order valence-electron chi connectivity index (χ4n) is 1.30. The number of carbonyl (C=O) groups excluding carboxylic acids is 1. The number of nitrogens with one attached hydrogen (secondary N) is 1. The molecule has 0 radical (unpaired) electrons. The average molecular weight is 251 g/mol. The lowest BCUT2D eigenvalue weighted by Crippen LogP contribution is -2.14. The van der Waals surface area contributed by atoms with Crippen molar-refractivity contribution in [2.45, 2.75) is 0 Å². The molecule has 17 heavy (non-hydrogen) atoms. The molecule has 0 aliphatic carbocycles. The van der Waals surface area contributed by atoms with Gasteiger partial charge in [-0.3, -0.25) is 4.79 Å². The molecule has 1 aromatic carbocycles. The number of aromatic nitrogens is 1. The topological polar surface area (TPSA) is 42.0 Å². The number of carbonyl (C=O) groups is 1. The summed E-state index contributed by atoms with van der Waals surface area (Å²) in [4.78, 5) is 15.6. The first-order valence-corrected chi connectivity index (χ1v) is 5.22. The van der Waals surface area contributed by atoms with Crippen LogP contribution in [0.2, 0.25) is 5.02 Å². The average Bonchev–Trinajstić information content (AvgIpc) is 2.29. The van der Waals surface area contributed by atoms with E-state index in [1.807, 2.05) is 0 Å². The van der Waals surface area contributed by atoms with E-state index in [1.165, 1.54) is 30.5 Å². The van der Waals surface area contributed by atoms with Gasteiger partial charge in [-0.05, 0) is 24.3 Å². The summed E-state index contributed by atoms with van der Waals surface area (Å²) in [6.45, 7) is 0. The molecule has 5 heteroatoms. The lowest BCUT2D eigenvalue weighted by Gasteiger charge is -2.05. The van der Waals surface area contributed by atoms with Crippen LogP contribution in [0.5, 0.6) is 0 Å². The maximum absolute atomic E-state index is 13.3. The highest BCUT2D eigenvalue weighted by Gasteiger charge is 2.11. The fourth-order valence-corrected chi connectivity index (χ4v) is 1.46. The van der Waals surface area contributed by atoms with Gasteiger partial charge in [0.05, 0.1) is 5.56 Å². The molecule has 2 rings (SSSR count). The second kappa shape index (κ2) is 4.93. The van der Waals surface area contributed by atoms with Crippen molar-refractivity contribution in [1.29, 1.82) is 0 Å². The molecule has 2 aromatic rings. The Balaban J connectivity index is 2.20. The van der Waals surface area contributed by atoms with Gasteiger partial charge in [0.1, 0.15) is 11.6 Å². The summed E-state index contributed by atoms with van der Waals surface area (Å²) in [5.74, 6) is -0.851. The molecular formula is C12H8ClFN2O. The van der Waals surface area contributed by atoms with Gasteiger partial charge in [-0.25, -0.2) is 9.37 Å². The molecule has 86 valence electrons. The highest BCUT2D eigenvalue weighted by Crippen LogP contribution is 2.14. The van der Waals surface area contributed by atoms with Crippen molar-refractivity contribution >= 4 is 23.3 Å². The van der Waals surface area contributed by atoms with E-state index in [4.69, 9.17) is 11.6 Å². The summed E-state index contributed by atoms with van der Waals surface area (Å²) in [5.41, 5.74) is -0.0331. The first kappa shape index (κ1) is 11.5. The normalized spacial score (nSPS) is 10.0. The minimum Gasteiger partial charge on any atom is -0.306 e. The third kappa shape index (κ3) is 2.79. The molecule has 0 bridgehead atoms. The number of hydrogen-bond donors (Lipinski definition) is 1. The van der Waals surface area contributed by atoms with Crippen molar-refractivity contribution in [1.82, 2.24) is 4.98 Å². The van der Waals surface area contributed by atoms with Crippen LogP contribution >= 0.6 is 11.6 Å². The zero-order valence-electron chi connectivity index (χ0n) is 8.65. The molecule has 0 saturated carbocycles. The smallest absolute Gasteiger partial charge is 0.259 e. The molecule has 1 aromatic heterocycles. The molecule has 1 N–H and O–H groups in total.